The molecule has 0 radical (unpaired) electrons. The third-order valence-corrected chi connectivity index (χ3v) is 6.28. The van der Waals surface area contributed by atoms with Gasteiger partial charge in [0.1, 0.15) is 17.8 Å². The molecule has 0 fully saturated rings. The number of esters is 1. The SMILES string of the molecule is CCCC(=O)Oc1cc(C(C)(C)CCCCC=O)cc(OC(C)C)c1C1CCC=C(C)C1. The van der Waals surface area contributed by atoms with Gasteiger partial charge in [-0.1, -0.05) is 38.8 Å². The van der Waals surface area contributed by atoms with E-state index in [2.05, 4.69) is 39.0 Å². The van der Waals surface area contributed by atoms with Crippen molar-refractivity contribution in [2.24, 2.45) is 0 Å². The van der Waals surface area contributed by atoms with Crippen molar-refractivity contribution >= 4 is 12.3 Å². The normalized spacial score (nSPS) is 16.6. The van der Waals surface area contributed by atoms with Gasteiger partial charge in [-0.15, -0.1) is 0 Å². The van der Waals surface area contributed by atoms with Crippen LogP contribution >= 0.6 is 0 Å². The molecule has 4 nitrogen and oxygen atoms in total. The average molecular weight is 443 g/mol. The Bertz CT molecular complexity index is 804. The molecule has 0 amide bonds. The summed E-state index contributed by atoms with van der Waals surface area (Å²) in [6.07, 6.45) is 10.9. The molecule has 0 N–H and O–H groups in total. The maximum atomic E-state index is 12.5. The Morgan fingerprint density at radius 1 is 1.22 bits per heavy atom. The molecule has 1 atom stereocenters. The molecule has 1 aliphatic carbocycles. The number of unbranched alkanes of at least 4 members (excludes halogenated alkanes) is 2. The first-order valence-electron chi connectivity index (χ1n) is 12.3. The Morgan fingerprint density at radius 2 is 1.94 bits per heavy atom. The summed E-state index contributed by atoms with van der Waals surface area (Å²) in [7, 11) is 0. The Morgan fingerprint density at radius 3 is 2.56 bits per heavy atom. The lowest BCUT2D eigenvalue weighted by Crippen LogP contribution is -2.20. The number of hydrogen-bond acceptors (Lipinski definition) is 4. The van der Waals surface area contributed by atoms with E-state index >= 15 is 0 Å². The fourth-order valence-corrected chi connectivity index (χ4v) is 4.50. The molecule has 0 aromatic heterocycles. The van der Waals surface area contributed by atoms with E-state index in [0.29, 0.717) is 18.6 Å². The van der Waals surface area contributed by atoms with Crippen LogP contribution in [0.3, 0.4) is 0 Å². The van der Waals surface area contributed by atoms with Crippen LogP contribution < -0.4 is 9.47 Å². The molecule has 1 unspecified atom stereocenters. The maximum Gasteiger partial charge on any atom is 0.311 e. The van der Waals surface area contributed by atoms with E-state index in [4.69, 9.17) is 9.47 Å². The molecule has 0 aliphatic heterocycles. The zero-order chi connectivity index (χ0) is 23.7. The summed E-state index contributed by atoms with van der Waals surface area (Å²) < 4.78 is 12.3. The minimum Gasteiger partial charge on any atom is -0.491 e. The van der Waals surface area contributed by atoms with Crippen LogP contribution in [0.5, 0.6) is 11.5 Å². The Hall–Kier alpha value is -2.10. The summed E-state index contributed by atoms with van der Waals surface area (Å²) in [5.74, 6) is 1.60. The van der Waals surface area contributed by atoms with Crippen LogP contribution in [0.25, 0.3) is 0 Å². The topological polar surface area (TPSA) is 52.6 Å². The second-order valence-electron chi connectivity index (χ2n) is 10.1. The van der Waals surface area contributed by atoms with Crippen molar-refractivity contribution in [2.45, 2.75) is 117 Å². The molecule has 1 aromatic rings. The smallest absolute Gasteiger partial charge is 0.311 e. The van der Waals surface area contributed by atoms with E-state index in [0.717, 1.165) is 68.1 Å². The highest BCUT2D eigenvalue weighted by Gasteiger charge is 2.29. The van der Waals surface area contributed by atoms with E-state index in [1.165, 1.54) is 5.57 Å². The van der Waals surface area contributed by atoms with Gasteiger partial charge >= 0.3 is 5.97 Å². The monoisotopic (exact) mass is 442 g/mol. The van der Waals surface area contributed by atoms with Gasteiger partial charge < -0.3 is 14.3 Å². The molecular formula is C28H42O4. The van der Waals surface area contributed by atoms with Gasteiger partial charge in [-0.3, -0.25) is 4.79 Å². The van der Waals surface area contributed by atoms with Crippen molar-refractivity contribution in [2.75, 3.05) is 0 Å². The molecule has 32 heavy (non-hydrogen) atoms. The van der Waals surface area contributed by atoms with Gasteiger partial charge in [-0.25, -0.2) is 0 Å². The number of ether oxygens (including phenoxy) is 2. The van der Waals surface area contributed by atoms with Crippen LogP contribution in [0, 0.1) is 0 Å². The number of carbonyl (C=O) groups is 2. The van der Waals surface area contributed by atoms with Crippen molar-refractivity contribution in [3.05, 3.63) is 34.9 Å². The fraction of sp³-hybridized carbons (Fsp3) is 0.643. The number of carbonyl (C=O) groups excluding carboxylic acids is 2. The Labute approximate surface area is 194 Å². The summed E-state index contributed by atoms with van der Waals surface area (Å²) >= 11 is 0. The van der Waals surface area contributed by atoms with Crippen molar-refractivity contribution in [1.29, 1.82) is 0 Å². The molecule has 178 valence electrons. The third-order valence-electron chi connectivity index (χ3n) is 6.28. The number of rotatable bonds is 12. The first kappa shape index (κ1) is 26.2. The molecule has 2 rings (SSSR count). The lowest BCUT2D eigenvalue weighted by atomic mass is 9.77. The van der Waals surface area contributed by atoms with Crippen LogP contribution in [-0.2, 0) is 15.0 Å². The Kier molecular flexibility index (Phi) is 9.99. The number of hydrogen-bond donors (Lipinski definition) is 0. The van der Waals surface area contributed by atoms with E-state index in [1.54, 1.807) is 0 Å². The minimum absolute atomic E-state index is 0.0270. The summed E-state index contributed by atoms with van der Waals surface area (Å²) in [5.41, 5.74) is 3.41. The van der Waals surface area contributed by atoms with E-state index in [1.807, 2.05) is 20.8 Å². The largest absolute Gasteiger partial charge is 0.491 e. The van der Waals surface area contributed by atoms with Gasteiger partial charge in [0.2, 0.25) is 0 Å². The van der Waals surface area contributed by atoms with Crippen molar-refractivity contribution in [1.82, 2.24) is 0 Å². The first-order valence-corrected chi connectivity index (χ1v) is 12.3. The standard InChI is InChI=1S/C28H42O4/c1-7-12-26(30)32-25-19-23(28(5,6)15-9-8-10-16-29)18-24(31-20(2)3)27(25)22-14-11-13-21(4)17-22/h13,16,18-20,22H,7-12,14-15,17H2,1-6H3. The average Bonchev–Trinajstić information content (AvgIpc) is 2.70. The summed E-state index contributed by atoms with van der Waals surface area (Å²) in [6.45, 7) is 12.7. The fourth-order valence-electron chi connectivity index (χ4n) is 4.50. The van der Waals surface area contributed by atoms with Gasteiger partial charge in [0.25, 0.3) is 0 Å². The molecule has 4 heteroatoms. The van der Waals surface area contributed by atoms with Crippen molar-refractivity contribution in [3.8, 4) is 11.5 Å². The van der Waals surface area contributed by atoms with Crippen LogP contribution in [-0.4, -0.2) is 18.4 Å². The predicted molar refractivity (Wildman–Crippen MR) is 131 cm³/mol. The minimum atomic E-state index is -0.187. The highest BCUT2D eigenvalue weighted by Crippen LogP contribution is 2.46. The molecule has 0 saturated carbocycles. The van der Waals surface area contributed by atoms with Crippen LogP contribution in [0.4, 0.5) is 0 Å². The zero-order valence-corrected chi connectivity index (χ0v) is 21.0. The van der Waals surface area contributed by atoms with E-state index in [-0.39, 0.29) is 23.4 Å². The second kappa shape index (κ2) is 12.2. The highest BCUT2D eigenvalue weighted by atomic mass is 16.5. The lowest BCUT2D eigenvalue weighted by Gasteiger charge is -2.31. The molecule has 0 saturated heterocycles. The molecule has 0 spiro atoms. The number of allylic oxidation sites excluding steroid dienone is 2. The van der Waals surface area contributed by atoms with E-state index in [9.17, 15) is 9.59 Å². The van der Waals surface area contributed by atoms with Gasteiger partial charge in [-0.2, -0.15) is 0 Å². The molecule has 0 heterocycles. The first-order chi connectivity index (χ1) is 15.2. The highest BCUT2D eigenvalue weighted by molar-refractivity contribution is 5.73. The van der Waals surface area contributed by atoms with Crippen molar-refractivity contribution < 1.29 is 19.1 Å². The maximum absolute atomic E-state index is 12.5. The van der Waals surface area contributed by atoms with Crippen LogP contribution in [0.1, 0.15) is 116 Å². The molecule has 1 aromatic carbocycles. The molecular weight excluding hydrogens is 400 g/mol. The van der Waals surface area contributed by atoms with Crippen LogP contribution in [0.2, 0.25) is 0 Å². The molecule has 1 aliphatic rings. The van der Waals surface area contributed by atoms with Crippen molar-refractivity contribution in [3.63, 3.8) is 0 Å². The molecule has 0 bridgehead atoms. The Balaban J connectivity index is 2.52. The number of aldehydes is 1. The summed E-state index contributed by atoms with van der Waals surface area (Å²) in [5, 5.41) is 0. The summed E-state index contributed by atoms with van der Waals surface area (Å²) in [6, 6.07) is 4.24. The van der Waals surface area contributed by atoms with Gasteiger partial charge in [0.15, 0.2) is 0 Å². The van der Waals surface area contributed by atoms with Gasteiger partial charge in [0, 0.05) is 18.4 Å². The van der Waals surface area contributed by atoms with Crippen LogP contribution in [0.15, 0.2) is 23.8 Å². The summed E-state index contributed by atoms with van der Waals surface area (Å²) in [4.78, 5) is 23.2. The lowest BCUT2D eigenvalue weighted by molar-refractivity contribution is -0.134. The predicted octanol–water partition coefficient (Wildman–Crippen LogP) is 7.43. The third kappa shape index (κ3) is 7.50. The second-order valence-corrected chi connectivity index (χ2v) is 10.1. The quantitative estimate of drug-likeness (QED) is 0.111. The van der Waals surface area contributed by atoms with Gasteiger partial charge in [-0.05, 0) is 88.3 Å². The van der Waals surface area contributed by atoms with Gasteiger partial charge in [0.05, 0.1) is 6.10 Å². The zero-order valence-electron chi connectivity index (χ0n) is 21.0. The van der Waals surface area contributed by atoms with E-state index < -0.39 is 0 Å². The number of benzene rings is 1.